The van der Waals surface area contributed by atoms with E-state index < -0.39 is 5.60 Å². The molecular formula is C29H34BrN3O2. The Bertz CT molecular complexity index is 1140. The van der Waals surface area contributed by atoms with Gasteiger partial charge in [0.15, 0.2) is 5.60 Å². The fourth-order valence-electron chi connectivity index (χ4n) is 4.43. The number of benzene rings is 3. The van der Waals surface area contributed by atoms with Gasteiger partial charge in [-0.1, -0.05) is 78.9 Å². The third kappa shape index (κ3) is 6.20. The summed E-state index contributed by atoms with van der Waals surface area (Å²) in [4.78, 5) is 4.74. The molecule has 184 valence electrons. The average Bonchev–Trinajstić information content (AvgIpc) is 3.22. The number of aliphatic hydroxyl groups is 1. The minimum atomic E-state index is -1.34. The van der Waals surface area contributed by atoms with Gasteiger partial charge in [0.2, 0.25) is 0 Å². The van der Waals surface area contributed by atoms with Crippen LogP contribution in [0.4, 0.5) is 0 Å². The molecule has 0 spiro atoms. The van der Waals surface area contributed by atoms with E-state index in [4.69, 9.17) is 9.72 Å². The Morgan fingerprint density at radius 1 is 0.857 bits per heavy atom. The molecule has 0 amide bonds. The van der Waals surface area contributed by atoms with E-state index in [1.807, 2.05) is 109 Å². The monoisotopic (exact) mass is 535 g/mol. The van der Waals surface area contributed by atoms with Crippen LogP contribution in [-0.2, 0) is 19.2 Å². The molecule has 6 heteroatoms. The Labute approximate surface area is 219 Å². The van der Waals surface area contributed by atoms with Crippen LogP contribution in [0.5, 0.6) is 5.75 Å². The van der Waals surface area contributed by atoms with Crippen LogP contribution in [-0.4, -0.2) is 46.4 Å². The van der Waals surface area contributed by atoms with Crippen LogP contribution in [0.1, 0.15) is 29.1 Å². The molecule has 0 saturated heterocycles. The molecule has 0 unspecified atom stereocenters. The molecule has 3 aromatic carbocycles. The molecule has 0 fully saturated rings. The Balaban J connectivity index is 0.00000342. The molecule has 35 heavy (non-hydrogen) atoms. The van der Waals surface area contributed by atoms with Crippen molar-refractivity contribution in [1.82, 2.24) is 9.55 Å². The van der Waals surface area contributed by atoms with Gasteiger partial charge in [0, 0.05) is 13.5 Å². The van der Waals surface area contributed by atoms with Crippen LogP contribution in [0.3, 0.4) is 0 Å². The first-order chi connectivity index (χ1) is 16.4. The van der Waals surface area contributed by atoms with Crippen molar-refractivity contribution in [1.29, 1.82) is 0 Å². The first kappa shape index (κ1) is 26.7. The molecule has 0 radical (unpaired) electrons. The van der Waals surface area contributed by atoms with Crippen molar-refractivity contribution in [3.63, 3.8) is 0 Å². The number of hydrogen-bond acceptors (Lipinski definition) is 3. The lowest BCUT2D eigenvalue weighted by atomic mass is 9.85. The number of nitrogens with zero attached hydrogens (tertiary/aromatic N) is 3. The smallest absolute Gasteiger partial charge is 0.173 e. The van der Waals surface area contributed by atoms with Gasteiger partial charge >= 0.3 is 0 Å². The second-order valence-electron chi connectivity index (χ2n) is 9.41. The van der Waals surface area contributed by atoms with Gasteiger partial charge < -0.3 is 35.9 Å². The number of para-hydroxylation sites is 1. The predicted molar refractivity (Wildman–Crippen MR) is 135 cm³/mol. The van der Waals surface area contributed by atoms with Crippen molar-refractivity contribution in [3.8, 4) is 5.75 Å². The van der Waals surface area contributed by atoms with Crippen LogP contribution in [0.25, 0.3) is 0 Å². The summed E-state index contributed by atoms with van der Waals surface area (Å²) in [5.74, 6) is 1.53. The van der Waals surface area contributed by atoms with E-state index in [1.165, 1.54) is 0 Å². The van der Waals surface area contributed by atoms with Crippen molar-refractivity contribution in [2.75, 3.05) is 27.2 Å². The lowest BCUT2D eigenvalue weighted by Crippen LogP contribution is -3.00. The molecule has 0 atom stereocenters. The van der Waals surface area contributed by atoms with Gasteiger partial charge in [-0.05, 0) is 23.3 Å². The molecular weight excluding hydrogens is 502 g/mol. The zero-order valence-electron chi connectivity index (χ0n) is 20.6. The Morgan fingerprint density at radius 3 is 1.91 bits per heavy atom. The van der Waals surface area contributed by atoms with E-state index in [2.05, 4.69) is 14.1 Å². The lowest BCUT2D eigenvalue weighted by molar-refractivity contribution is -0.904. The van der Waals surface area contributed by atoms with Crippen molar-refractivity contribution in [2.45, 2.75) is 18.6 Å². The van der Waals surface area contributed by atoms with Crippen LogP contribution in [0.15, 0.2) is 97.2 Å². The third-order valence-electron chi connectivity index (χ3n) is 6.30. The van der Waals surface area contributed by atoms with Gasteiger partial charge in [0.25, 0.3) is 0 Å². The Hall–Kier alpha value is -2.93. The summed E-state index contributed by atoms with van der Waals surface area (Å²) in [6, 6.07) is 29.5. The summed E-state index contributed by atoms with van der Waals surface area (Å²) in [6.07, 6.45) is 2.84. The number of hydrogen-bond donors (Lipinski definition) is 1. The van der Waals surface area contributed by atoms with Crippen LogP contribution >= 0.6 is 0 Å². The average molecular weight is 537 g/mol. The molecule has 0 aliphatic rings. The number of quaternary nitrogens is 1. The summed E-state index contributed by atoms with van der Waals surface area (Å²) in [5.41, 5.74) is 1.34. The zero-order chi connectivity index (χ0) is 24.0. The molecule has 0 saturated carbocycles. The van der Waals surface area contributed by atoms with E-state index in [1.54, 1.807) is 0 Å². The molecule has 1 N–H and O–H groups in total. The van der Waals surface area contributed by atoms with E-state index in [-0.39, 0.29) is 17.0 Å². The van der Waals surface area contributed by atoms with E-state index in [0.29, 0.717) is 12.4 Å². The molecule has 0 aliphatic carbocycles. The third-order valence-corrected chi connectivity index (χ3v) is 6.30. The zero-order valence-corrected chi connectivity index (χ0v) is 22.2. The van der Waals surface area contributed by atoms with E-state index in [0.717, 1.165) is 46.6 Å². The molecule has 1 aromatic heterocycles. The van der Waals surface area contributed by atoms with Gasteiger partial charge in [-0.2, -0.15) is 0 Å². The first-order valence-corrected chi connectivity index (χ1v) is 11.7. The number of halogens is 1. The molecule has 0 bridgehead atoms. The van der Waals surface area contributed by atoms with Gasteiger partial charge in [-0.3, -0.25) is 0 Å². The predicted octanol–water partition coefficient (Wildman–Crippen LogP) is 1.75. The van der Waals surface area contributed by atoms with Crippen LogP contribution in [0.2, 0.25) is 0 Å². The summed E-state index contributed by atoms with van der Waals surface area (Å²) in [5, 5.41) is 12.1. The van der Waals surface area contributed by atoms with Crippen molar-refractivity contribution in [3.05, 3.63) is 120 Å². The minimum absolute atomic E-state index is 0. The maximum Gasteiger partial charge on any atom is 0.173 e. The lowest BCUT2D eigenvalue weighted by Gasteiger charge is -2.31. The summed E-state index contributed by atoms with van der Waals surface area (Å²) in [6.45, 7) is 2.45. The standard InChI is InChI=1S/C29H34N3O2.BrH/c1-31-26(23-32(2,3)20-13-21-34-27-18-11-6-12-19-27)22-30-28(31)29(33,24-14-7-4-8-15-24)25-16-9-5-10-17-25;/h4-12,14-19,22,33H,13,20-21,23H2,1-3H3;1H/q+1;/p-1. The second-order valence-corrected chi connectivity index (χ2v) is 9.41. The van der Waals surface area contributed by atoms with Gasteiger partial charge in [-0.15, -0.1) is 0 Å². The first-order valence-electron chi connectivity index (χ1n) is 11.7. The summed E-state index contributed by atoms with van der Waals surface area (Å²) in [7, 11) is 6.43. The normalized spacial score (nSPS) is 11.7. The highest BCUT2D eigenvalue weighted by Gasteiger charge is 2.38. The van der Waals surface area contributed by atoms with Gasteiger partial charge in [0.05, 0.1) is 39.1 Å². The fourth-order valence-corrected chi connectivity index (χ4v) is 4.43. The number of aromatic nitrogens is 2. The van der Waals surface area contributed by atoms with Crippen molar-refractivity contribution < 1.29 is 31.3 Å². The maximum absolute atomic E-state index is 12.1. The minimum Gasteiger partial charge on any atom is -1.00 e. The number of imidazole rings is 1. The SMILES string of the molecule is Cn1c(C[N+](C)(C)CCCOc2ccccc2)cnc1C(O)(c1ccccc1)c1ccccc1.[Br-]. The van der Waals surface area contributed by atoms with E-state index >= 15 is 0 Å². The highest BCUT2D eigenvalue weighted by molar-refractivity contribution is 5.43. The molecule has 5 nitrogen and oxygen atoms in total. The summed E-state index contributed by atoms with van der Waals surface area (Å²) >= 11 is 0. The van der Waals surface area contributed by atoms with Crippen LogP contribution in [0, 0.1) is 0 Å². The molecule has 4 aromatic rings. The van der Waals surface area contributed by atoms with Gasteiger partial charge in [0.1, 0.15) is 18.1 Å². The summed E-state index contributed by atoms with van der Waals surface area (Å²) < 4.78 is 8.70. The van der Waals surface area contributed by atoms with Crippen LogP contribution < -0.4 is 21.7 Å². The maximum atomic E-state index is 12.1. The Morgan fingerprint density at radius 2 is 1.37 bits per heavy atom. The largest absolute Gasteiger partial charge is 1.00 e. The van der Waals surface area contributed by atoms with E-state index in [9.17, 15) is 5.11 Å². The van der Waals surface area contributed by atoms with Crippen molar-refractivity contribution in [2.24, 2.45) is 7.05 Å². The Kier molecular flexibility index (Phi) is 8.89. The molecule has 0 aliphatic heterocycles. The molecule has 1 heterocycles. The topological polar surface area (TPSA) is 47.3 Å². The fraction of sp³-hybridized carbons (Fsp3) is 0.276. The quantitative estimate of drug-likeness (QED) is 0.248. The van der Waals surface area contributed by atoms with Crippen molar-refractivity contribution >= 4 is 0 Å². The highest BCUT2D eigenvalue weighted by atomic mass is 79.9. The number of rotatable bonds is 10. The van der Waals surface area contributed by atoms with Gasteiger partial charge in [-0.25, -0.2) is 4.98 Å². The molecule has 4 rings (SSSR count). The number of ether oxygens (including phenoxy) is 1. The second kappa shape index (κ2) is 11.7. The highest BCUT2D eigenvalue weighted by Crippen LogP contribution is 2.36.